The molecule has 5 rings (SSSR count). The number of piperidine rings is 1. The molecule has 2 amide bonds. The fourth-order valence-electron chi connectivity index (χ4n) is 5.13. The van der Waals surface area contributed by atoms with Gasteiger partial charge in [-0.25, -0.2) is 0 Å². The third-order valence-corrected chi connectivity index (χ3v) is 6.90. The quantitative estimate of drug-likeness (QED) is 0.505. The zero-order chi connectivity index (χ0) is 21.9. The summed E-state index contributed by atoms with van der Waals surface area (Å²) in [5, 5.41) is 0. The maximum Gasteiger partial charge on any atom is 0.262 e. The van der Waals surface area contributed by atoms with Crippen LogP contribution in [0.15, 0.2) is 84.9 Å². The third-order valence-electron chi connectivity index (χ3n) is 6.90. The largest absolute Gasteiger partial charge is 0.303 e. The Kier molecular flexibility index (Phi) is 5.87. The SMILES string of the molecule is O=C1c2ccccc2C(=O)N1C(CCN1CCC(c2ccccc2)CC1)c1ccccc1. The second kappa shape index (κ2) is 9.09. The van der Waals surface area contributed by atoms with E-state index in [0.717, 1.165) is 44.5 Å². The number of hydrogen-bond acceptors (Lipinski definition) is 3. The summed E-state index contributed by atoms with van der Waals surface area (Å²) < 4.78 is 0. The molecule has 162 valence electrons. The van der Waals surface area contributed by atoms with Crippen molar-refractivity contribution in [3.8, 4) is 0 Å². The standard InChI is InChI=1S/C28H28N2O2/c31-27-24-13-7-8-14-25(24)28(32)30(27)26(23-11-5-2-6-12-23)17-20-29-18-15-22(16-19-29)21-9-3-1-4-10-21/h1-14,22,26H,15-20H2. The molecular formula is C28H28N2O2. The predicted molar refractivity (Wildman–Crippen MR) is 126 cm³/mol. The van der Waals surface area contributed by atoms with Gasteiger partial charge in [0.2, 0.25) is 0 Å². The molecule has 0 saturated carbocycles. The first-order valence-corrected chi connectivity index (χ1v) is 11.5. The van der Waals surface area contributed by atoms with Crippen molar-refractivity contribution in [2.24, 2.45) is 0 Å². The highest BCUT2D eigenvalue weighted by Crippen LogP contribution is 2.34. The lowest BCUT2D eigenvalue weighted by Crippen LogP contribution is -2.38. The van der Waals surface area contributed by atoms with Crippen LogP contribution in [0, 0.1) is 0 Å². The van der Waals surface area contributed by atoms with Gasteiger partial charge >= 0.3 is 0 Å². The molecule has 2 aliphatic heterocycles. The second-order valence-electron chi connectivity index (χ2n) is 8.77. The average Bonchev–Trinajstić information content (AvgIpc) is 3.11. The molecule has 0 spiro atoms. The summed E-state index contributed by atoms with van der Waals surface area (Å²) in [6, 6.07) is 27.6. The summed E-state index contributed by atoms with van der Waals surface area (Å²) in [4.78, 5) is 30.3. The number of fused-ring (bicyclic) bond motifs is 1. The number of rotatable bonds is 6. The van der Waals surface area contributed by atoms with Crippen molar-refractivity contribution in [2.45, 2.75) is 31.2 Å². The number of imide groups is 1. The highest BCUT2D eigenvalue weighted by Gasteiger charge is 2.40. The summed E-state index contributed by atoms with van der Waals surface area (Å²) in [6.45, 7) is 2.96. The van der Waals surface area contributed by atoms with Crippen LogP contribution in [0.25, 0.3) is 0 Å². The van der Waals surface area contributed by atoms with Crippen molar-refractivity contribution in [1.82, 2.24) is 9.80 Å². The van der Waals surface area contributed by atoms with E-state index in [1.54, 1.807) is 12.1 Å². The molecule has 0 aliphatic carbocycles. The molecule has 0 aromatic heterocycles. The van der Waals surface area contributed by atoms with Gasteiger partial charge in [-0.3, -0.25) is 14.5 Å². The monoisotopic (exact) mass is 424 g/mol. The minimum Gasteiger partial charge on any atom is -0.303 e. The Morgan fingerprint density at radius 3 is 1.84 bits per heavy atom. The fraction of sp³-hybridized carbons (Fsp3) is 0.286. The Bertz CT molecular complexity index is 1050. The van der Waals surface area contributed by atoms with Crippen LogP contribution in [0.1, 0.15) is 63.1 Å². The second-order valence-corrected chi connectivity index (χ2v) is 8.77. The van der Waals surface area contributed by atoms with Crippen molar-refractivity contribution in [3.05, 3.63) is 107 Å². The summed E-state index contributed by atoms with van der Waals surface area (Å²) in [6.07, 6.45) is 3.03. The molecule has 1 saturated heterocycles. The molecule has 2 heterocycles. The number of carbonyl (C=O) groups is 2. The van der Waals surface area contributed by atoms with E-state index in [0.29, 0.717) is 17.0 Å². The lowest BCUT2D eigenvalue weighted by molar-refractivity contribution is 0.0559. The van der Waals surface area contributed by atoms with E-state index in [2.05, 4.69) is 35.2 Å². The molecule has 4 heteroatoms. The molecule has 32 heavy (non-hydrogen) atoms. The molecule has 1 unspecified atom stereocenters. The van der Waals surface area contributed by atoms with Crippen LogP contribution in [0.2, 0.25) is 0 Å². The van der Waals surface area contributed by atoms with Crippen LogP contribution in [0.3, 0.4) is 0 Å². The normalized spacial score (nSPS) is 18.1. The smallest absolute Gasteiger partial charge is 0.262 e. The zero-order valence-corrected chi connectivity index (χ0v) is 18.2. The molecule has 2 aliphatic rings. The van der Waals surface area contributed by atoms with Crippen LogP contribution < -0.4 is 0 Å². The van der Waals surface area contributed by atoms with Gasteiger partial charge < -0.3 is 4.90 Å². The Hall–Kier alpha value is -3.24. The van der Waals surface area contributed by atoms with Crippen LogP contribution >= 0.6 is 0 Å². The van der Waals surface area contributed by atoms with E-state index in [1.807, 2.05) is 42.5 Å². The van der Waals surface area contributed by atoms with Crippen LogP contribution in [-0.4, -0.2) is 41.2 Å². The van der Waals surface area contributed by atoms with Gasteiger partial charge in [0.15, 0.2) is 0 Å². The number of amides is 2. The van der Waals surface area contributed by atoms with Crippen molar-refractivity contribution in [3.63, 3.8) is 0 Å². The van der Waals surface area contributed by atoms with Gasteiger partial charge in [0.25, 0.3) is 11.8 Å². The molecule has 1 atom stereocenters. The van der Waals surface area contributed by atoms with Crippen LogP contribution in [0.5, 0.6) is 0 Å². The third kappa shape index (κ3) is 3.98. The number of likely N-dealkylation sites (tertiary alicyclic amines) is 1. The van der Waals surface area contributed by atoms with Crippen molar-refractivity contribution in [2.75, 3.05) is 19.6 Å². The molecule has 0 N–H and O–H groups in total. The Balaban J connectivity index is 1.30. The van der Waals surface area contributed by atoms with E-state index in [4.69, 9.17) is 0 Å². The first-order chi connectivity index (χ1) is 15.7. The Labute approximate surface area is 189 Å². The van der Waals surface area contributed by atoms with E-state index in [1.165, 1.54) is 10.5 Å². The van der Waals surface area contributed by atoms with Gasteiger partial charge in [0, 0.05) is 6.54 Å². The minimum absolute atomic E-state index is 0.178. The van der Waals surface area contributed by atoms with Crippen LogP contribution in [0.4, 0.5) is 0 Å². The predicted octanol–water partition coefficient (Wildman–Crippen LogP) is 5.29. The first kappa shape index (κ1) is 20.7. The van der Waals surface area contributed by atoms with E-state index in [9.17, 15) is 9.59 Å². The van der Waals surface area contributed by atoms with Crippen molar-refractivity contribution >= 4 is 11.8 Å². The molecule has 3 aromatic rings. The summed E-state index contributed by atoms with van der Waals surface area (Å²) in [5.41, 5.74) is 3.48. The molecule has 0 bridgehead atoms. The van der Waals surface area contributed by atoms with Crippen molar-refractivity contribution < 1.29 is 9.59 Å². The van der Waals surface area contributed by atoms with Gasteiger partial charge in [-0.05, 0) is 61.5 Å². The molecule has 0 radical (unpaired) electrons. The van der Waals surface area contributed by atoms with E-state index < -0.39 is 0 Å². The van der Waals surface area contributed by atoms with Gasteiger partial charge in [0.05, 0.1) is 17.2 Å². The highest BCUT2D eigenvalue weighted by atomic mass is 16.2. The van der Waals surface area contributed by atoms with Gasteiger partial charge in [-0.15, -0.1) is 0 Å². The fourth-order valence-corrected chi connectivity index (χ4v) is 5.13. The molecular weight excluding hydrogens is 396 g/mol. The van der Waals surface area contributed by atoms with Gasteiger partial charge in [-0.2, -0.15) is 0 Å². The average molecular weight is 425 g/mol. The summed E-state index contributed by atoms with van der Waals surface area (Å²) >= 11 is 0. The lowest BCUT2D eigenvalue weighted by Gasteiger charge is -2.34. The van der Waals surface area contributed by atoms with Gasteiger partial charge in [0.1, 0.15) is 0 Å². The summed E-state index contributed by atoms with van der Waals surface area (Å²) in [7, 11) is 0. The number of benzene rings is 3. The lowest BCUT2D eigenvalue weighted by atomic mass is 9.89. The number of carbonyl (C=O) groups excluding carboxylic acids is 2. The number of hydrogen-bond donors (Lipinski definition) is 0. The maximum atomic E-state index is 13.2. The molecule has 4 nitrogen and oxygen atoms in total. The Morgan fingerprint density at radius 2 is 1.25 bits per heavy atom. The molecule has 3 aromatic carbocycles. The van der Waals surface area contributed by atoms with Crippen molar-refractivity contribution in [1.29, 1.82) is 0 Å². The van der Waals surface area contributed by atoms with E-state index in [-0.39, 0.29) is 17.9 Å². The number of nitrogens with zero attached hydrogens (tertiary/aromatic N) is 2. The molecule has 1 fully saturated rings. The highest BCUT2D eigenvalue weighted by molar-refractivity contribution is 6.21. The van der Waals surface area contributed by atoms with Crippen LogP contribution in [-0.2, 0) is 0 Å². The zero-order valence-electron chi connectivity index (χ0n) is 18.2. The first-order valence-electron chi connectivity index (χ1n) is 11.5. The van der Waals surface area contributed by atoms with E-state index >= 15 is 0 Å². The Morgan fingerprint density at radius 1 is 0.719 bits per heavy atom. The summed E-state index contributed by atoms with van der Waals surface area (Å²) in [5.74, 6) is 0.262. The maximum absolute atomic E-state index is 13.2. The minimum atomic E-state index is -0.254. The topological polar surface area (TPSA) is 40.6 Å². The van der Waals surface area contributed by atoms with Gasteiger partial charge in [-0.1, -0.05) is 72.8 Å².